The fourth-order valence-electron chi connectivity index (χ4n) is 3.73. The molecule has 1 fully saturated rings. The van der Waals surface area contributed by atoms with Gasteiger partial charge in [0.05, 0.1) is 36.5 Å². The van der Waals surface area contributed by atoms with E-state index in [1.54, 1.807) is 18.2 Å². The van der Waals surface area contributed by atoms with E-state index in [4.69, 9.17) is 11.6 Å². The van der Waals surface area contributed by atoms with E-state index in [1.807, 2.05) is 26.8 Å². The first-order valence-corrected chi connectivity index (χ1v) is 12.2. The summed E-state index contributed by atoms with van der Waals surface area (Å²) in [5.41, 5.74) is 1.96. The van der Waals surface area contributed by atoms with E-state index in [1.165, 1.54) is 12.4 Å². The second-order valence-electron chi connectivity index (χ2n) is 9.88. The maximum Gasteiger partial charge on any atom is 0.305 e. The zero-order valence-corrected chi connectivity index (χ0v) is 21.7. The van der Waals surface area contributed by atoms with E-state index >= 15 is 0 Å². The van der Waals surface area contributed by atoms with Crippen LogP contribution in [-0.2, 0) is 15.0 Å². The Bertz CT molecular complexity index is 1130. The van der Waals surface area contributed by atoms with Crippen molar-refractivity contribution in [3.8, 4) is 0 Å². The zero-order valence-electron chi connectivity index (χ0n) is 20.9. The molecule has 1 atom stereocenters. The maximum absolute atomic E-state index is 13.3. The topological polar surface area (TPSA) is 144 Å². The molecule has 3 rings (SSSR count). The van der Waals surface area contributed by atoms with Gasteiger partial charge in [0, 0.05) is 24.3 Å². The molecule has 10 nitrogen and oxygen atoms in total. The van der Waals surface area contributed by atoms with Crippen LogP contribution in [0.1, 0.15) is 54.7 Å². The summed E-state index contributed by atoms with van der Waals surface area (Å²) in [7, 11) is 0. The van der Waals surface area contributed by atoms with Gasteiger partial charge in [-0.05, 0) is 34.7 Å². The van der Waals surface area contributed by atoms with Crippen LogP contribution >= 0.6 is 11.6 Å². The molecule has 12 heteroatoms. The number of pyridine rings is 1. The summed E-state index contributed by atoms with van der Waals surface area (Å²) in [5.74, 6) is -2.19. The summed E-state index contributed by atoms with van der Waals surface area (Å²) in [6, 6.07) is 5.97. The lowest BCUT2D eigenvalue weighted by molar-refractivity contribution is -0.137. The number of hydrogen-bond donors (Lipinski definition) is 6. The van der Waals surface area contributed by atoms with Crippen molar-refractivity contribution in [2.75, 3.05) is 25.0 Å². The second-order valence-corrected chi connectivity index (χ2v) is 10.3. The predicted molar refractivity (Wildman–Crippen MR) is 138 cm³/mol. The average Bonchev–Trinajstić information content (AvgIpc) is 2.82. The molecule has 0 unspecified atom stereocenters. The summed E-state index contributed by atoms with van der Waals surface area (Å²) in [6.07, 6.45) is 1.16. The van der Waals surface area contributed by atoms with E-state index in [-0.39, 0.29) is 43.3 Å². The van der Waals surface area contributed by atoms with Crippen LogP contribution in [0.4, 0.5) is 10.1 Å². The monoisotopic (exact) mass is 534 g/mol. The molecule has 1 aliphatic rings. The minimum Gasteiger partial charge on any atom is -0.481 e. The van der Waals surface area contributed by atoms with Crippen LogP contribution < -0.4 is 26.6 Å². The highest BCUT2D eigenvalue weighted by Crippen LogP contribution is 2.30. The van der Waals surface area contributed by atoms with Crippen molar-refractivity contribution >= 4 is 35.1 Å². The molecule has 0 bridgehead atoms. The quantitative estimate of drug-likeness (QED) is 0.287. The number of anilines is 1. The first kappa shape index (κ1) is 28.3. The molecule has 1 saturated heterocycles. The van der Waals surface area contributed by atoms with Crippen LogP contribution in [0.15, 0.2) is 36.7 Å². The minimum absolute atomic E-state index is 0.197. The highest BCUT2D eigenvalue weighted by Gasteiger charge is 2.23. The van der Waals surface area contributed by atoms with Gasteiger partial charge in [-0.15, -0.1) is 0 Å². The van der Waals surface area contributed by atoms with Gasteiger partial charge in [0.1, 0.15) is 12.5 Å². The van der Waals surface area contributed by atoms with Crippen molar-refractivity contribution in [1.29, 1.82) is 0 Å². The van der Waals surface area contributed by atoms with Crippen molar-refractivity contribution in [1.82, 2.24) is 26.3 Å². The van der Waals surface area contributed by atoms with Crippen molar-refractivity contribution in [3.05, 3.63) is 58.4 Å². The number of carboxylic acid groups (broad SMARTS) is 1. The Kier molecular flexibility index (Phi) is 9.41. The number of halogens is 2. The van der Waals surface area contributed by atoms with Gasteiger partial charge in [0.2, 0.25) is 5.91 Å². The van der Waals surface area contributed by atoms with Crippen LogP contribution in [0, 0.1) is 0 Å². The first-order valence-electron chi connectivity index (χ1n) is 11.8. The van der Waals surface area contributed by atoms with Gasteiger partial charge in [-0.3, -0.25) is 30.0 Å². The molecule has 0 saturated carbocycles. The Morgan fingerprint density at radius 3 is 2.51 bits per heavy atom. The molecule has 0 radical (unpaired) electrons. The van der Waals surface area contributed by atoms with Crippen molar-refractivity contribution in [3.63, 3.8) is 0 Å². The van der Waals surface area contributed by atoms with Gasteiger partial charge in [-0.2, -0.15) is 0 Å². The number of carbonyl (C=O) groups is 3. The van der Waals surface area contributed by atoms with E-state index in [0.29, 0.717) is 16.3 Å². The minimum atomic E-state index is -1.09. The van der Waals surface area contributed by atoms with Crippen molar-refractivity contribution in [2.45, 2.75) is 51.1 Å². The van der Waals surface area contributed by atoms with E-state index < -0.39 is 30.0 Å². The highest BCUT2D eigenvalue weighted by atomic mass is 35.5. The van der Waals surface area contributed by atoms with Crippen LogP contribution in [-0.4, -0.2) is 60.0 Å². The molecule has 0 aliphatic carbocycles. The fraction of sp³-hybridized carbons (Fsp3) is 0.440. The summed E-state index contributed by atoms with van der Waals surface area (Å²) in [6.45, 7) is 6.03. The molecule has 1 aromatic carbocycles. The summed E-state index contributed by atoms with van der Waals surface area (Å²) >= 11 is 6.27. The molecule has 2 heterocycles. The Balaban J connectivity index is 1.62. The van der Waals surface area contributed by atoms with Crippen molar-refractivity contribution < 1.29 is 23.9 Å². The van der Waals surface area contributed by atoms with Gasteiger partial charge in [-0.25, -0.2) is 4.39 Å². The number of nitrogens with zero attached hydrogens (tertiary/aromatic N) is 1. The number of benzene rings is 1. The van der Waals surface area contributed by atoms with Crippen LogP contribution in [0.25, 0.3) is 0 Å². The van der Waals surface area contributed by atoms with Crippen LogP contribution in [0.3, 0.4) is 0 Å². The largest absolute Gasteiger partial charge is 0.481 e. The van der Waals surface area contributed by atoms with Gasteiger partial charge in [0.25, 0.3) is 5.91 Å². The number of aliphatic carboxylic acids is 1. The predicted octanol–water partition coefficient (Wildman–Crippen LogP) is 2.32. The second kappa shape index (κ2) is 12.3. The number of rotatable bonds is 9. The van der Waals surface area contributed by atoms with E-state index in [2.05, 4.69) is 31.6 Å². The SMILES string of the molecule is CC(C)(C)c1cc(Cl)cc([C@H](CC(=O)O)NC(=O)CNC(=O)c2cncc(NC3NCC(F)CN3)c2)c1. The molecule has 1 aliphatic heterocycles. The number of amides is 2. The number of nitrogens with one attached hydrogen (secondary N) is 5. The third kappa shape index (κ3) is 8.66. The number of carbonyl (C=O) groups excluding carboxylic acids is 2. The van der Waals surface area contributed by atoms with Crippen LogP contribution in [0.5, 0.6) is 0 Å². The van der Waals surface area contributed by atoms with Gasteiger partial charge in [-0.1, -0.05) is 38.4 Å². The first-order chi connectivity index (χ1) is 17.4. The molecule has 2 aromatic rings. The number of alkyl halides is 1. The summed E-state index contributed by atoms with van der Waals surface area (Å²) < 4.78 is 13.3. The Morgan fingerprint density at radius 2 is 1.86 bits per heavy atom. The lowest BCUT2D eigenvalue weighted by Gasteiger charge is -2.28. The van der Waals surface area contributed by atoms with Gasteiger partial charge >= 0.3 is 5.97 Å². The maximum atomic E-state index is 13.3. The van der Waals surface area contributed by atoms with Gasteiger partial charge < -0.3 is 21.1 Å². The molecular formula is C25H32ClFN6O4. The number of hydrogen-bond acceptors (Lipinski definition) is 7. The van der Waals surface area contributed by atoms with E-state index in [0.717, 1.165) is 5.56 Å². The van der Waals surface area contributed by atoms with E-state index in [9.17, 15) is 23.9 Å². The van der Waals surface area contributed by atoms with Crippen LogP contribution in [0.2, 0.25) is 5.02 Å². The molecule has 37 heavy (non-hydrogen) atoms. The normalized spacial score (nSPS) is 18.5. The highest BCUT2D eigenvalue weighted by molar-refractivity contribution is 6.30. The van der Waals surface area contributed by atoms with Crippen molar-refractivity contribution in [2.24, 2.45) is 0 Å². The Morgan fingerprint density at radius 1 is 1.16 bits per heavy atom. The molecule has 1 aromatic heterocycles. The average molecular weight is 535 g/mol. The summed E-state index contributed by atoms with van der Waals surface area (Å²) in [5, 5.41) is 24.0. The standard InChI is InChI=1S/C25H32ClFN6O4/c1-25(2,3)16-4-14(5-17(26)7-16)20(8-22(35)36)33-21(34)13-29-23(37)15-6-19(12-28-9-15)32-24-30-10-18(27)11-31-24/h4-7,9,12,18,20,24,30-32H,8,10-11,13H2,1-3H3,(H,29,37)(H,33,34)(H,35,36)/t18?,20-,24?/m0/s1. The fourth-order valence-corrected chi connectivity index (χ4v) is 3.97. The summed E-state index contributed by atoms with van der Waals surface area (Å²) in [4.78, 5) is 40.8. The Hall–Kier alpha value is -3.28. The third-order valence-corrected chi connectivity index (χ3v) is 5.93. The lowest BCUT2D eigenvalue weighted by Crippen LogP contribution is -2.57. The molecule has 200 valence electrons. The zero-order chi connectivity index (χ0) is 27.2. The lowest BCUT2D eigenvalue weighted by atomic mass is 9.85. The Labute approximate surface area is 219 Å². The third-order valence-electron chi connectivity index (χ3n) is 5.71. The smallest absolute Gasteiger partial charge is 0.305 e. The number of carboxylic acids is 1. The molecule has 6 N–H and O–H groups in total. The molecular weight excluding hydrogens is 503 g/mol. The molecule has 2 amide bonds. The number of aromatic nitrogens is 1. The van der Waals surface area contributed by atoms with Gasteiger partial charge in [0.15, 0.2) is 0 Å². The molecule has 0 spiro atoms.